The molecule has 2 rings (SSSR count). The number of carbonyl (C=O) groups is 1. The summed E-state index contributed by atoms with van der Waals surface area (Å²) in [6, 6.07) is 10.6. The van der Waals surface area contributed by atoms with Crippen LogP contribution in [0.4, 0.5) is 0 Å². The second kappa shape index (κ2) is 5.65. The van der Waals surface area contributed by atoms with Crippen LogP contribution in [0.3, 0.4) is 0 Å². The highest BCUT2D eigenvalue weighted by atomic mass is 16.5. The summed E-state index contributed by atoms with van der Waals surface area (Å²) in [5, 5.41) is 19.3. The number of rotatable bonds is 3. The molecule has 0 bridgehead atoms. The van der Waals surface area contributed by atoms with E-state index < -0.39 is 11.7 Å². The van der Waals surface area contributed by atoms with Gasteiger partial charge in [-0.1, -0.05) is 35.9 Å². The molecule has 4 heteroatoms. The molecular formula is C16H16O4. The Kier molecular flexibility index (Phi) is 3.94. The maximum absolute atomic E-state index is 11.9. The predicted octanol–water partition coefficient (Wildman–Crippen LogP) is 3.07. The number of ether oxygens (including phenoxy) is 1. The predicted molar refractivity (Wildman–Crippen MR) is 74.8 cm³/mol. The summed E-state index contributed by atoms with van der Waals surface area (Å²) in [6.07, 6.45) is 0. The normalized spacial score (nSPS) is 10.3. The topological polar surface area (TPSA) is 66.8 Å². The van der Waals surface area contributed by atoms with Crippen LogP contribution < -0.4 is 0 Å². The van der Waals surface area contributed by atoms with E-state index in [4.69, 9.17) is 4.74 Å². The lowest BCUT2D eigenvalue weighted by Crippen LogP contribution is -2.06. The average molecular weight is 272 g/mol. The van der Waals surface area contributed by atoms with Crippen molar-refractivity contribution in [1.29, 1.82) is 0 Å². The fraction of sp³-hybridized carbons (Fsp3) is 0.188. The van der Waals surface area contributed by atoms with Crippen molar-refractivity contribution in [2.24, 2.45) is 0 Å². The molecule has 0 saturated carbocycles. The molecule has 0 aliphatic carbocycles. The number of hydrogen-bond acceptors (Lipinski definition) is 4. The summed E-state index contributed by atoms with van der Waals surface area (Å²) >= 11 is 0. The zero-order valence-corrected chi connectivity index (χ0v) is 11.4. The highest BCUT2D eigenvalue weighted by Gasteiger charge is 2.17. The molecule has 0 saturated heterocycles. The molecule has 2 aromatic carbocycles. The van der Waals surface area contributed by atoms with Crippen LogP contribution in [0.5, 0.6) is 11.5 Å². The van der Waals surface area contributed by atoms with E-state index >= 15 is 0 Å². The molecule has 0 heterocycles. The van der Waals surface area contributed by atoms with Crippen molar-refractivity contribution in [3.8, 4) is 11.5 Å². The molecule has 104 valence electrons. The average Bonchev–Trinajstić information content (AvgIpc) is 2.42. The van der Waals surface area contributed by atoms with E-state index in [0.717, 1.165) is 11.1 Å². The first-order valence-electron chi connectivity index (χ1n) is 6.23. The SMILES string of the molecule is Cc1cccc(COC(=O)c2ccc(C)c(O)c2O)c1. The minimum absolute atomic E-state index is 0.0410. The van der Waals surface area contributed by atoms with E-state index in [-0.39, 0.29) is 17.9 Å². The second-order valence-electron chi connectivity index (χ2n) is 4.69. The van der Waals surface area contributed by atoms with Crippen LogP contribution in [0.15, 0.2) is 36.4 Å². The summed E-state index contributed by atoms with van der Waals surface area (Å²) < 4.78 is 5.13. The molecule has 2 aromatic rings. The number of benzene rings is 2. The number of esters is 1. The molecule has 0 amide bonds. The lowest BCUT2D eigenvalue weighted by atomic mass is 10.1. The minimum Gasteiger partial charge on any atom is -0.504 e. The summed E-state index contributed by atoms with van der Waals surface area (Å²) in [6.45, 7) is 3.71. The summed E-state index contributed by atoms with van der Waals surface area (Å²) in [7, 11) is 0. The van der Waals surface area contributed by atoms with Crippen LogP contribution in [-0.2, 0) is 11.3 Å². The van der Waals surface area contributed by atoms with Gasteiger partial charge >= 0.3 is 5.97 Å². The van der Waals surface area contributed by atoms with Crippen molar-refractivity contribution >= 4 is 5.97 Å². The van der Waals surface area contributed by atoms with Crippen LogP contribution in [0.2, 0.25) is 0 Å². The van der Waals surface area contributed by atoms with Crippen molar-refractivity contribution in [3.63, 3.8) is 0 Å². The molecule has 4 nitrogen and oxygen atoms in total. The van der Waals surface area contributed by atoms with Gasteiger partial charge in [-0.15, -0.1) is 0 Å². The first-order valence-corrected chi connectivity index (χ1v) is 6.23. The van der Waals surface area contributed by atoms with Crippen LogP contribution in [-0.4, -0.2) is 16.2 Å². The van der Waals surface area contributed by atoms with E-state index in [0.29, 0.717) is 5.56 Å². The second-order valence-corrected chi connectivity index (χ2v) is 4.69. The van der Waals surface area contributed by atoms with Gasteiger partial charge in [0.2, 0.25) is 0 Å². The van der Waals surface area contributed by atoms with Crippen LogP contribution in [0, 0.1) is 13.8 Å². The molecule has 0 aliphatic rings. The van der Waals surface area contributed by atoms with Gasteiger partial charge in [0.1, 0.15) is 12.2 Å². The quantitative estimate of drug-likeness (QED) is 0.665. The molecule has 0 atom stereocenters. The van der Waals surface area contributed by atoms with E-state index in [2.05, 4.69) is 0 Å². The molecule has 0 aliphatic heterocycles. The Hall–Kier alpha value is -2.49. The van der Waals surface area contributed by atoms with Gasteiger partial charge < -0.3 is 14.9 Å². The van der Waals surface area contributed by atoms with E-state index in [1.165, 1.54) is 6.07 Å². The summed E-state index contributed by atoms with van der Waals surface area (Å²) in [5.74, 6) is -1.41. The van der Waals surface area contributed by atoms with Gasteiger partial charge in [0, 0.05) is 0 Å². The number of phenolic OH excluding ortho intramolecular Hbond substituents is 2. The maximum atomic E-state index is 11.9. The Bertz CT molecular complexity index is 647. The number of aryl methyl sites for hydroxylation is 2. The third-order valence-electron chi connectivity index (χ3n) is 3.03. The van der Waals surface area contributed by atoms with Crippen molar-refractivity contribution in [3.05, 3.63) is 58.7 Å². The van der Waals surface area contributed by atoms with Crippen molar-refractivity contribution in [2.75, 3.05) is 0 Å². The monoisotopic (exact) mass is 272 g/mol. The molecule has 0 fully saturated rings. The summed E-state index contributed by atoms with van der Waals surface area (Å²) in [5.41, 5.74) is 2.40. The number of phenols is 2. The Balaban J connectivity index is 2.11. The third-order valence-corrected chi connectivity index (χ3v) is 3.03. The lowest BCUT2D eigenvalue weighted by molar-refractivity contribution is 0.0468. The zero-order chi connectivity index (χ0) is 14.7. The van der Waals surface area contributed by atoms with Gasteiger partial charge in [-0.25, -0.2) is 4.79 Å². The lowest BCUT2D eigenvalue weighted by Gasteiger charge is -2.09. The van der Waals surface area contributed by atoms with Crippen molar-refractivity contribution in [1.82, 2.24) is 0 Å². The molecule has 20 heavy (non-hydrogen) atoms. The Morgan fingerprint density at radius 1 is 1.10 bits per heavy atom. The maximum Gasteiger partial charge on any atom is 0.342 e. The van der Waals surface area contributed by atoms with Crippen molar-refractivity contribution in [2.45, 2.75) is 20.5 Å². The Labute approximate surface area is 117 Å². The van der Waals surface area contributed by atoms with Crippen molar-refractivity contribution < 1.29 is 19.7 Å². The minimum atomic E-state index is -0.667. The first kappa shape index (κ1) is 13.9. The van der Waals surface area contributed by atoms with Gasteiger partial charge in [-0.2, -0.15) is 0 Å². The fourth-order valence-electron chi connectivity index (χ4n) is 1.87. The van der Waals surface area contributed by atoms with Gasteiger partial charge in [0.25, 0.3) is 0 Å². The van der Waals surface area contributed by atoms with Gasteiger partial charge in [0.15, 0.2) is 11.5 Å². The first-order chi connectivity index (χ1) is 9.49. The Morgan fingerprint density at radius 3 is 2.55 bits per heavy atom. The van der Waals surface area contributed by atoms with E-state index in [1.54, 1.807) is 13.0 Å². The number of hydrogen-bond donors (Lipinski definition) is 2. The number of carbonyl (C=O) groups excluding carboxylic acids is 1. The molecule has 0 radical (unpaired) electrons. The van der Waals surface area contributed by atoms with Gasteiger partial charge in [0.05, 0.1) is 0 Å². The molecule has 0 unspecified atom stereocenters. The molecule has 0 aromatic heterocycles. The standard InChI is InChI=1S/C16H16O4/c1-10-4-3-5-12(8-10)9-20-16(19)13-7-6-11(2)14(17)15(13)18/h3-8,17-18H,9H2,1-2H3. The third kappa shape index (κ3) is 2.91. The largest absolute Gasteiger partial charge is 0.504 e. The van der Waals surface area contributed by atoms with E-state index in [9.17, 15) is 15.0 Å². The van der Waals surface area contributed by atoms with Gasteiger partial charge in [-0.05, 0) is 31.0 Å². The highest BCUT2D eigenvalue weighted by molar-refractivity contribution is 5.93. The van der Waals surface area contributed by atoms with E-state index in [1.807, 2.05) is 31.2 Å². The molecule has 2 N–H and O–H groups in total. The van der Waals surface area contributed by atoms with Crippen LogP contribution >= 0.6 is 0 Å². The summed E-state index contributed by atoms with van der Waals surface area (Å²) in [4.78, 5) is 11.9. The van der Waals surface area contributed by atoms with Gasteiger partial charge in [-0.3, -0.25) is 0 Å². The highest BCUT2D eigenvalue weighted by Crippen LogP contribution is 2.32. The van der Waals surface area contributed by atoms with Crippen LogP contribution in [0.25, 0.3) is 0 Å². The molecule has 0 spiro atoms. The molecular weight excluding hydrogens is 256 g/mol. The smallest absolute Gasteiger partial charge is 0.342 e. The van der Waals surface area contributed by atoms with Crippen LogP contribution in [0.1, 0.15) is 27.0 Å². The number of aromatic hydroxyl groups is 2. The zero-order valence-electron chi connectivity index (χ0n) is 11.4. The Morgan fingerprint density at radius 2 is 1.85 bits per heavy atom. The fourth-order valence-corrected chi connectivity index (χ4v) is 1.87.